The van der Waals surface area contributed by atoms with Crippen LogP contribution in [-0.4, -0.2) is 6.04 Å². The predicted molar refractivity (Wildman–Crippen MR) is 84.0 cm³/mol. The third kappa shape index (κ3) is 5.66. The van der Waals surface area contributed by atoms with Crippen LogP contribution in [0.25, 0.3) is 0 Å². The van der Waals surface area contributed by atoms with Crippen LogP contribution in [0.15, 0.2) is 36.5 Å². The van der Waals surface area contributed by atoms with Gasteiger partial charge >= 0.3 is 0 Å². The van der Waals surface area contributed by atoms with E-state index in [1.165, 1.54) is 31.2 Å². The molecule has 1 nitrogen and oxygen atoms in total. The van der Waals surface area contributed by atoms with Crippen LogP contribution in [0.5, 0.6) is 0 Å². The van der Waals surface area contributed by atoms with Crippen LogP contribution in [0, 0.1) is 12.3 Å². The molecule has 102 valence electrons. The Hall–Kier alpha value is -1.68. The summed E-state index contributed by atoms with van der Waals surface area (Å²) in [7, 11) is 0. The summed E-state index contributed by atoms with van der Waals surface area (Å²) in [4.78, 5) is 0. The zero-order chi connectivity index (χ0) is 14.1. The lowest BCUT2D eigenvalue weighted by Crippen LogP contribution is -2.28. The lowest BCUT2D eigenvalue weighted by atomic mass is 10.0. The maximum Gasteiger partial charge on any atom is 0.0257 e. The molecule has 1 aromatic rings. The molecular weight excluding hydrogens is 230 g/mol. The van der Waals surface area contributed by atoms with Gasteiger partial charge in [-0.15, -0.1) is 6.42 Å². The van der Waals surface area contributed by atoms with E-state index in [1.807, 2.05) is 12.1 Å². The smallest absolute Gasteiger partial charge is 0.0257 e. The van der Waals surface area contributed by atoms with Gasteiger partial charge in [-0.25, -0.2) is 0 Å². The highest BCUT2D eigenvalue weighted by Crippen LogP contribution is 2.11. The summed E-state index contributed by atoms with van der Waals surface area (Å²) in [5, 5.41) is 3.56. The molecule has 1 rings (SSSR count). The van der Waals surface area contributed by atoms with Crippen molar-refractivity contribution in [3.63, 3.8) is 0 Å². The van der Waals surface area contributed by atoms with E-state index in [0.717, 1.165) is 17.7 Å². The third-order valence-corrected chi connectivity index (χ3v) is 3.22. The van der Waals surface area contributed by atoms with Crippen LogP contribution in [0.1, 0.15) is 50.7 Å². The van der Waals surface area contributed by atoms with Gasteiger partial charge in [0.25, 0.3) is 0 Å². The second-order valence-electron chi connectivity index (χ2n) is 5.04. The van der Waals surface area contributed by atoms with Crippen molar-refractivity contribution in [2.24, 2.45) is 0 Å². The quantitative estimate of drug-likeness (QED) is 0.684. The molecule has 0 bridgehead atoms. The summed E-state index contributed by atoms with van der Waals surface area (Å²) in [5.41, 5.74) is 3.28. The first-order valence-corrected chi connectivity index (χ1v) is 7.19. The molecule has 0 saturated heterocycles. The lowest BCUT2D eigenvalue weighted by molar-refractivity contribution is 0.478. The fourth-order valence-electron chi connectivity index (χ4n) is 2.29. The Bertz CT molecular complexity index is 416. The first-order valence-electron chi connectivity index (χ1n) is 7.19. The predicted octanol–water partition coefficient (Wildman–Crippen LogP) is 4.28. The van der Waals surface area contributed by atoms with Gasteiger partial charge in [0, 0.05) is 23.7 Å². The summed E-state index contributed by atoms with van der Waals surface area (Å²) >= 11 is 0. The van der Waals surface area contributed by atoms with Crippen LogP contribution in [0.3, 0.4) is 0 Å². The van der Waals surface area contributed by atoms with E-state index >= 15 is 0 Å². The molecule has 0 spiro atoms. The molecule has 19 heavy (non-hydrogen) atoms. The average Bonchev–Trinajstić information content (AvgIpc) is 2.40. The van der Waals surface area contributed by atoms with Crippen molar-refractivity contribution < 1.29 is 0 Å². The lowest BCUT2D eigenvalue weighted by Gasteiger charge is -2.20. The van der Waals surface area contributed by atoms with Gasteiger partial charge in [0.1, 0.15) is 0 Å². The Morgan fingerprint density at radius 2 is 1.79 bits per heavy atom. The minimum absolute atomic E-state index is 0.562. The van der Waals surface area contributed by atoms with Crippen molar-refractivity contribution >= 4 is 0 Å². The standard InChI is InChI=1S/C18H25N/c1-5-8-18(9-6-2)19-15(4)14-17-12-10-16(7-3)11-13-17/h3,10-13,18-19H,4-6,8-9,14H2,1-2H3. The van der Waals surface area contributed by atoms with E-state index in [0.29, 0.717) is 6.04 Å². The molecule has 0 aliphatic heterocycles. The Balaban J connectivity index is 2.51. The van der Waals surface area contributed by atoms with Gasteiger partial charge in [-0.3, -0.25) is 0 Å². The van der Waals surface area contributed by atoms with Crippen molar-refractivity contribution in [2.45, 2.75) is 52.0 Å². The van der Waals surface area contributed by atoms with Crippen LogP contribution < -0.4 is 5.32 Å². The van der Waals surface area contributed by atoms with Gasteiger partial charge in [-0.05, 0) is 30.5 Å². The molecular formula is C18H25N. The van der Waals surface area contributed by atoms with Crippen LogP contribution >= 0.6 is 0 Å². The molecule has 0 aliphatic carbocycles. The maximum atomic E-state index is 5.35. The minimum Gasteiger partial charge on any atom is -0.386 e. The fourth-order valence-corrected chi connectivity index (χ4v) is 2.29. The average molecular weight is 255 g/mol. The monoisotopic (exact) mass is 255 g/mol. The van der Waals surface area contributed by atoms with Gasteiger partial charge < -0.3 is 5.32 Å². The van der Waals surface area contributed by atoms with E-state index in [1.54, 1.807) is 0 Å². The highest BCUT2D eigenvalue weighted by Gasteiger charge is 2.07. The Morgan fingerprint density at radius 1 is 1.21 bits per heavy atom. The van der Waals surface area contributed by atoms with Gasteiger partial charge in [-0.2, -0.15) is 0 Å². The molecule has 1 aromatic carbocycles. The highest BCUT2D eigenvalue weighted by atomic mass is 14.9. The van der Waals surface area contributed by atoms with Gasteiger partial charge in [0.15, 0.2) is 0 Å². The number of nitrogens with one attached hydrogen (secondary N) is 1. The van der Waals surface area contributed by atoms with Crippen molar-refractivity contribution in [1.29, 1.82) is 0 Å². The van der Waals surface area contributed by atoms with Crippen molar-refractivity contribution in [1.82, 2.24) is 5.32 Å². The first-order chi connectivity index (χ1) is 9.19. The SMILES string of the molecule is C#Cc1ccc(CC(=C)NC(CCC)CCC)cc1. The zero-order valence-corrected chi connectivity index (χ0v) is 12.2. The number of allylic oxidation sites excluding steroid dienone is 1. The van der Waals surface area contributed by atoms with Crippen molar-refractivity contribution in [3.05, 3.63) is 47.7 Å². The first kappa shape index (κ1) is 15.4. The Morgan fingerprint density at radius 3 is 2.26 bits per heavy atom. The van der Waals surface area contributed by atoms with Crippen molar-refractivity contribution in [3.8, 4) is 12.3 Å². The summed E-state index contributed by atoms with van der Waals surface area (Å²) in [6.45, 7) is 8.60. The molecule has 0 radical (unpaired) electrons. The van der Waals surface area contributed by atoms with E-state index in [2.05, 4.69) is 43.8 Å². The zero-order valence-electron chi connectivity index (χ0n) is 12.2. The van der Waals surface area contributed by atoms with E-state index in [-0.39, 0.29) is 0 Å². The number of terminal acetylenes is 1. The molecule has 0 amide bonds. The molecule has 0 heterocycles. The number of rotatable bonds is 8. The van der Waals surface area contributed by atoms with Gasteiger partial charge in [0.05, 0.1) is 0 Å². The summed E-state index contributed by atoms with van der Waals surface area (Å²) in [6.07, 6.45) is 11.1. The minimum atomic E-state index is 0.562. The highest BCUT2D eigenvalue weighted by molar-refractivity contribution is 5.35. The van der Waals surface area contributed by atoms with E-state index < -0.39 is 0 Å². The largest absolute Gasteiger partial charge is 0.386 e. The van der Waals surface area contributed by atoms with E-state index in [9.17, 15) is 0 Å². The van der Waals surface area contributed by atoms with Crippen LogP contribution in [-0.2, 0) is 6.42 Å². The topological polar surface area (TPSA) is 12.0 Å². The Kier molecular flexibility index (Phi) is 6.82. The number of benzene rings is 1. The second kappa shape index (κ2) is 8.43. The molecule has 1 N–H and O–H groups in total. The van der Waals surface area contributed by atoms with Crippen LogP contribution in [0.4, 0.5) is 0 Å². The number of hydrogen-bond donors (Lipinski definition) is 1. The molecule has 0 unspecified atom stereocenters. The van der Waals surface area contributed by atoms with Crippen LogP contribution in [0.2, 0.25) is 0 Å². The van der Waals surface area contributed by atoms with Gasteiger partial charge in [0.2, 0.25) is 0 Å². The molecule has 0 atom stereocenters. The summed E-state index contributed by atoms with van der Waals surface area (Å²) in [6, 6.07) is 8.69. The summed E-state index contributed by atoms with van der Waals surface area (Å²) in [5.74, 6) is 2.64. The molecule has 0 aromatic heterocycles. The van der Waals surface area contributed by atoms with E-state index in [4.69, 9.17) is 6.42 Å². The molecule has 0 fully saturated rings. The molecule has 0 saturated carbocycles. The van der Waals surface area contributed by atoms with Gasteiger partial charge in [-0.1, -0.05) is 51.3 Å². The van der Waals surface area contributed by atoms with Crippen molar-refractivity contribution in [2.75, 3.05) is 0 Å². The fraction of sp³-hybridized carbons (Fsp3) is 0.444. The number of hydrogen-bond acceptors (Lipinski definition) is 1. The maximum absolute atomic E-state index is 5.35. The normalized spacial score (nSPS) is 10.2. The third-order valence-electron chi connectivity index (χ3n) is 3.22. The second-order valence-corrected chi connectivity index (χ2v) is 5.04. The molecule has 0 aliphatic rings. The Labute approximate surface area is 118 Å². The molecule has 1 heteroatoms. The summed E-state index contributed by atoms with van der Waals surface area (Å²) < 4.78 is 0.